The van der Waals surface area contributed by atoms with E-state index in [-0.39, 0.29) is 0 Å². The third kappa shape index (κ3) is 2.48. The van der Waals surface area contributed by atoms with Crippen molar-refractivity contribution in [3.8, 4) is 0 Å². The van der Waals surface area contributed by atoms with E-state index < -0.39 is 0 Å². The van der Waals surface area contributed by atoms with Crippen LogP contribution in [-0.4, -0.2) is 25.8 Å². The maximum Gasteiger partial charge on any atom is 0.0357 e. The second kappa shape index (κ2) is 4.45. The zero-order chi connectivity index (χ0) is 7.23. The van der Waals surface area contributed by atoms with Crippen molar-refractivity contribution in [2.24, 2.45) is 10.9 Å². The topological polar surface area (TPSA) is 24.4 Å². The third-order valence-electron chi connectivity index (χ3n) is 1.88. The molecule has 1 fully saturated rings. The highest BCUT2D eigenvalue weighted by Crippen LogP contribution is 2.07. The van der Waals surface area contributed by atoms with Gasteiger partial charge in [-0.1, -0.05) is 0 Å². The van der Waals surface area contributed by atoms with Crippen LogP contribution in [0.1, 0.15) is 19.8 Å². The van der Waals surface area contributed by atoms with Gasteiger partial charge in [-0.2, -0.15) is 0 Å². The Morgan fingerprint density at radius 1 is 1.50 bits per heavy atom. The Morgan fingerprint density at radius 3 is 2.80 bits per heavy atom. The molecular weight excluding hydrogens is 124 g/mol. The van der Waals surface area contributed by atoms with Gasteiger partial charge < -0.3 is 5.32 Å². The first kappa shape index (κ1) is 7.73. The van der Waals surface area contributed by atoms with Crippen LogP contribution in [0.25, 0.3) is 0 Å². The number of piperidine rings is 1. The number of nitrogens with one attached hydrogen (secondary N) is 1. The predicted octanol–water partition coefficient (Wildman–Crippen LogP) is 1.08. The standard InChI is InChI=1S/C8H16N2/c1-2-9-7-8-3-5-10-6-4-8/h7-8,10H,2-6H2,1H3. The second-order valence-corrected chi connectivity index (χ2v) is 2.74. The van der Waals surface area contributed by atoms with Gasteiger partial charge in [0.15, 0.2) is 0 Å². The van der Waals surface area contributed by atoms with Gasteiger partial charge in [0, 0.05) is 12.8 Å². The molecule has 0 aliphatic carbocycles. The van der Waals surface area contributed by atoms with Crippen molar-refractivity contribution in [1.82, 2.24) is 5.32 Å². The monoisotopic (exact) mass is 140 g/mol. The molecular formula is C8H16N2. The molecule has 1 aliphatic rings. The molecule has 2 heteroatoms. The Bertz CT molecular complexity index is 104. The van der Waals surface area contributed by atoms with Crippen molar-refractivity contribution >= 4 is 6.21 Å². The van der Waals surface area contributed by atoms with Crippen LogP contribution < -0.4 is 5.32 Å². The van der Waals surface area contributed by atoms with E-state index in [2.05, 4.69) is 23.4 Å². The zero-order valence-electron chi connectivity index (χ0n) is 6.64. The van der Waals surface area contributed by atoms with E-state index in [0.717, 1.165) is 12.5 Å². The average molecular weight is 140 g/mol. The Labute approximate surface area is 62.7 Å². The molecule has 1 N–H and O–H groups in total. The molecule has 0 atom stereocenters. The van der Waals surface area contributed by atoms with Crippen LogP contribution in [0.3, 0.4) is 0 Å². The van der Waals surface area contributed by atoms with Gasteiger partial charge in [0.1, 0.15) is 0 Å². The minimum atomic E-state index is 0.751. The summed E-state index contributed by atoms with van der Waals surface area (Å²) < 4.78 is 0. The molecule has 0 radical (unpaired) electrons. The molecule has 0 saturated carbocycles. The van der Waals surface area contributed by atoms with Crippen molar-refractivity contribution in [3.05, 3.63) is 0 Å². The highest BCUT2D eigenvalue weighted by molar-refractivity contribution is 5.60. The van der Waals surface area contributed by atoms with Gasteiger partial charge >= 0.3 is 0 Å². The van der Waals surface area contributed by atoms with Crippen LogP contribution in [0.4, 0.5) is 0 Å². The number of hydrogen-bond acceptors (Lipinski definition) is 2. The van der Waals surface area contributed by atoms with Crippen molar-refractivity contribution in [2.75, 3.05) is 19.6 Å². The van der Waals surface area contributed by atoms with Crippen LogP contribution in [0.15, 0.2) is 4.99 Å². The quantitative estimate of drug-likeness (QED) is 0.570. The molecule has 10 heavy (non-hydrogen) atoms. The van der Waals surface area contributed by atoms with Gasteiger partial charge in [-0.25, -0.2) is 0 Å². The first-order valence-electron chi connectivity index (χ1n) is 4.14. The van der Waals surface area contributed by atoms with Gasteiger partial charge in [0.2, 0.25) is 0 Å². The van der Waals surface area contributed by atoms with Crippen molar-refractivity contribution in [3.63, 3.8) is 0 Å². The Morgan fingerprint density at radius 2 is 2.20 bits per heavy atom. The Hall–Kier alpha value is -0.370. The van der Waals surface area contributed by atoms with E-state index in [9.17, 15) is 0 Å². The fraction of sp³-hybridized carbons (Fsp3) is 0.875. The minimum absolute atomic E-state index is 0.751. The third-order valence-corrected chi connectivity index (χ3v) is 1.88. The smallest absolute Gasteiger partial charge is 0.0357 e. The maximum atomic E-state index is 4.24. The number of rotatable bonds is 2. The highest BCUT2D eigenvalue weighted by atomic mass is 14.9. The van der Waals surface area contributed by atoms with Crippen LogP contribution in [0.5, 0.6) is 0 Å². The van der Waals surface area contributed by atoms with E-state index in [4.69, 9.17) is 0 Å². The van der Waals surface area contributed by atoms with Gasteiger partial charge in [0.25, 0.3) is 0 Å². The lowest BCUT2D eigenvalue weighted by Crippen LogP contribution is -2.28. The summed E-state index contributed by atoms with van der Waals surface area (Å²) >= 11 is 0. The summed E-state index contributed by atoms with van der Waals surface area (Å²) in [6.07, 6.45) is 4.66. The van der Waals surface area contributed by atoms with Crippen molar-refractivity contribution < 1.29 is 0 Å². The molecule has 1 rings (SSSR count). The molecule has 58 valence electrons. The summed E-state index contributed by atoms with van der Waals surface area (Å²) in [5.41, 5.74) is 0. The SMILES string of the molecule is CCN=CC1CCNCC1. The van der Waals surface area contributed by atoms with Crippen molar-refractivity contribution in [2.45, 2.75) is 19.8 Å². The van der Waals surface area contributed by atoms with E-state index in [0.29, 0.717) is 0 Å². The van der Waals surface area contributed by atoms with Gasteiger partial charge in [-0.15, -0.1) is 0 Å². The second-order valence-electron chi connectivity index (χ2n) is 2.74. The highest BCUT2D eigenvalue weighted by Gasteiger charge is 2.08. The predicted molar refractivity (Wildman–Crippen MR) is 44.6 cm³/mol. The molecule has 0 aromatic rings. The molecule has 0 aromatic heterocycles. The van der Waals surface area contributed by atoms with Crippen LogP contribution in [0, 0.1) is 5.92 Å². The zero-order valence-corrected chi connectivity index (χ0v) is 6.64. The summed E-state index contributed by atoms with van der Waals surface area (Å²) in [6.45, 7) is 5.35. The van der Waals surface area contributed by atoms with E-state index in [1.54, 1.807) is 0 Å². The van der Waals surface area contributed by atoms with E-state index in [1.807, 2.05) is 0 Å². The molecule has 1 aliphatic heterocycles. The lowest BCUT2D eigenvalue weighted by atomic mass is 10.00. The fourth-order valence-corrected chi connectivity index (χ4v) is 1.25. The first-order valence-corrected chi connectivity index (χ1v) is 4.14. The summed E-state index contributed by atoms with van der Waals surface area (Å²) in [5.74, 6) is 0.751. The lowest BCUT2D eigenvalue weighted by molar-refractivity contribution is 0.462. The first-order chi connectivity index (χ1) is 4.93. The maximum absolute atomic E-state index is 4.24. The van der Waals surface area contributed by atoms with E-state index >= 15 is 0 Å². The Kier molecular flexibility index (Phi) is 3.44. The van der Waals surface area contributed by atoms with Gasteiger partial charge in [-0.3, -0.25) is 4.99 Å². The largest absolute Gasteiger partial charge is 0.317 e. The summed E-state index contributed by atoms with van der Waals surface area (Å²) in [6, 6.07) is 0. The molecule has 2 nitrogen and oxygen atoms in total. The van der Waals surface area contributed by atoms with Gasteiger partial charge in [-0.05, 0) is 38.8 Å². The molecule has 0 amide bonds. The normalized spacial score (nSPS) is 22.1. The summed E-state index contributed by atoms with van der Waals surface area (Å²) in [5, 5.41) is 3.33. The minimum Gasteiger partial charge on any atom is -0.317 e. The van der Waals surface area contributed by atoms with Gasteiger partial charge in [0.05, 0.1) is 0 Å². The average Bonchev–Trinajstić information content (AvgIpc) is 2.03. The van der Waals surface area contributed by atoms with Crippen LogP contribution in [0.2, 0.25) is 0 Å². The summed E-state index contributed by atoms with van der Waals surface area (Å²) in [7, 11) is 0. The molecule has 0 spiro atoms. The van der Waals surface area contributed by atoms with E-state index in [1.165, 1.54) is 25.9 Å². The van der Waals surface area contributed by atoms with Crippen molar-refractivity contribution in [1.29, 1.82) is 0 Å². The van der Waals surface area contributed by atoms with Crippen LogP contribution >= 0.6 is 0 Å². The Balaban J connectivity index is 2.19. The number of aliphatic imine (C=N–C) groups is 1. The fourth-order valence-electron chi connectivity index (χ4n) is 1.25. The molecule has 0 bridgehead atoms. The molecule has 1 saturated heterocycles. The van der Waals surface area contributed by atoms with Crippen LogP contribution in [-0.2, 0) is 0 Å². The molecule has 0 unspecified atom stereocenters. The lowest BCUT2D eigenvalue weighted by Gasteiger charge is -2.18. The number of nitrogens with zero attached hydrogens (tertiary/aromatic N) is 1. The molecule has 1 heterocycles. The summed E-state index contributed by atoms with van der Waals surface area (Å²) in [4.78, 5) is 4.24. The molecule has 0 aromatic carbocycles. The number of hydrogen-bond donors (Lipinski definition) is 1.